The molecule has 0 aliphatic carbocycles. The first-order chi connectivity index (χ1) is 17.6. The van der Waals surface area contributed by atoms with Gasteiger partial charge in [0.2, 0.25) is 0 Å². The second-order valence-corrected chi connectivity index (χ2v) is 10.5. The fourth-order valence-corrected chi connectivity index (χ4v) is 5.07. The van der Waals surface area contributed by atoms with Crippen LogP contribution < -0.4 is 0 Å². The second kappa shape index (κ2) is 21.0. The van der Waals surface area contributed by atoms with E-state index in [4.69, 9.17) is 5.11 Å². The number of rotatable bonds is 26. The van der Waals surface area contributed by atoms with Crippen LogP contribution in [0.2, 0.25) is 0 Å². The molecule has 0 radical (unpaired) electrons. The summed E-state index contributed by atoms with van der Waals surface area (Å²) in [5, 5.41) is 39.2. The number of ketones is 1. The van der Waals surface area contributed by atoms with Gasteiger partial charge in [-0.25, -0.2) is 4.79 Å². The van der Waals surface area contributed by atoms with Crippen LogP contribution in [-0.4, -0.2) is 49.7 Å². The van der Waals surface area contributed by atoms with Gasteiger partial charge in [-0.2, -0.15) is 0 Å². The molecule has 3 unspecified atom stereocenters. The Bertz CT molecular complexity index is 662. The SMILES string of the molecule is CCCCCCCCCCCCCCCCC(C(=O)CCCCC)C(C(=O)O)C(O)(CC(=O)O)C(=O)O. The first kappa shape index (κ1) is 35.0. The number of carbonyl (C=O) groups is 4. The van der Waals surface area contributed by atoms with E-state index in [2.05, 4.69) is 6.92 Å². The molecule has 0 aromatic rings. The fourth-order valence-electron chi connectivity index (χ4n) is 5.07. The summed E-state index contributed by atoms with van der Waals surface area (Å²) in [5.41, 5.74) is -3.06. The standard InChI is InChI=1S/C29H52O8/c1-3-5-7-8-9-10-11-12-13-14-15-16-17-19-20-23(24(30)21-18-6-4-2)26(27(33)34)29(37,28(35)36)22-25(31)32/h23,26,37H,3-22H2,1-2H3,(H,31,32)(H,33,34)(H,35,36). The van der Waals surface area contributed by atoms with Crippen LogP contribution in [0, 0.1) is 11.8 Å². The molecule has 0 rings (SSSR count). The van der Waals surface area contributed by atoms with Gasteiger partial charge in [-0.15, -0.1) is 0 Å². The number of aliphatic hydroxyl groups is 1. The third kappa shape index (κ3) is 15.1. The Morgan fingerprint density at radius 3 is 1.41 bits per heavy atom. The maximum Gasteiger partial charge on any atom is 0.337 e. The molecular weight excluding hydrogens is 476 g/mol. The van der Waals surface area contributed by atoms with Crippen LogP contribution in [0.15, 0.2) is 0 Å². The van der Waals surface area contributed by atoms with Crippen molar-refractivity contribution in [2.75, 3.05) is 0 Å². The molecule has 0 fully saturated rings. The van der Waals surface area contributed by atoms with Gasteiger partial charge in [-0.05, 0) is 12.8 Å². The molecule has 0 amide bonds. The minimum absolute atomic E-state index is 0.0870. The van der Waals surface area contributed by atoms with Crippen molar-refractivity contribution >= 4 is 23.7 Å². The van der Waals surface area contributed by atoms with Gasteiger partial charge in [0.05, 0.1) is 6.42 Å². The summed E-state index contributed by atoms with van der Waals surface area (Å²) < 4.78 is 0. The van der Waals surface area contributed by atoms with Crippen molar-refractivity contribution in [3.8, 4) is 0 Å². The Kier molecular flexibility index (Phi) is 19.9. The molecule has 3 atom stereocenters. The fraction of sp³-hybridized carbons (Fsp3) is 0.862. The monoisotopic (exact) mass is 528 g/mol. The molecule has 0 bridgehead atoms. The maximum absolute atomic E-state index is 13.0. The van der Waals surface area contributed by atoms with E-state index < -0.39 is 47.5 Å². The normalized spacial score (nSPS) is 14.6. The zero-order valence-electron chi connectivity index (χ0n) is 23.2. The number of hydrogen-bond acceptors (Lipinski definition) is 5. The Hall–Kier alpha value is -1.96. The summed E-state index contributed by atoms with van der Waals surface area (Å²) in [6.45, 7) is 4.19. The van der Waals surface area contributed by atoms with E-state index in [-0.39, 0.29) is 12.8 Å². The van der Waals surface area contributed by atoms with E-state index in [1.165, 1.54) is 57.8 Å². The topological polar surface area (TPSA) is 149 Å². The summed E-state index contributed by atoms with van der Waals surface area (Å²) in [6.07, 6.45) is 17.1. The van der Waals surface area contributed by atoms with Gasteiger partial charge in [0, 0.05) is 12.3 Å². The lowest BCUT2D eigenvalue weighted by molar-refractivity contribution is -0.184. The van der Waals surface area contributed by atoms with Crippen LogP contribution >= 0.6 is 0 Å². The average molecular weight is 529 g/mol. The van der Waals surface area contributed by atoms with Gasteiger partial charge < -0.3 is 20.4 Å². The highest BCUT2D eigenvalue weighted by Gasteiger charge is 2.54. The van der Waals surface area contributed by atoms with Gasteiger partial charge in [0.15, 0.2) is 5.60 Å². The molecule has 0 aromatic carbocycles. The highest BCUT2D eigenvalue weighted by Crippen LogP contribution is 2.34. The number of unbranched alkanes of at least 4 members (excludes halogenated alkanes) is 15. The highest BCUT2D eigenvalue weighted by molar-refractivity contribution is 5.94. The first-order valence-corrected chi connectivity index (χ1v) is 14.5. The zero-order chi connectivity index (χ0) is 28.1. The average Bonchev–Trinajstić information content (AvgIpc) is 2.82. The summed E-state index contributed by atoms with van der Waals surface area (Å²) in [7, 11) is 0. The van der Waals surface area contributed by atoms with Crippen molar-refractivity contribution in [2.24, 2.45) is 11.8 Å². The highest BCUT2D eigenvalue weighted by atomic mass is 16.4. The van der Waals surface area contributed by atoms with E-state index in [0.717, 1.165) is 38.5 Å². The Labute approximate surface area is 223 Å². The van der Waals surface area contributed by atoms with E-state index in [0.29, 0.717) is 12.8 Å². The number of aliphatic carboxylic acids is 3. The smallest absolute Gasteiger partial charge is 0.337 e. The Balaban J connectivity index is 4.79. The summed E-state index contributed by atoms with van der Waals surface area (Å²) in [5.74, 6) is -8.91. The van der Waals surface area contributed by atoms with Gasteiger partial charge in [0.25, 0.3) is 0 Å². The van der Waals surface area contributed by atoms with Crippen molar-refractivity contribution < 1.29 is 39.6 Å². The molecular formula is C29H52O8. The molecule has 0 aliphatic heterocycles. The van der Waals surface area contributed by atoms with Crippen molar-refractivity contribution in [1.82, 2.24) is 0 Å². The maximum atomic E-state index is 13.0. The largest absolute Gasteiger partial charge is 0.481 e. The lowest BCUT2D eigenvalue weighted by Crippen LogP contribution is -2.55. The van der Waals surface area contributed by atoms with Crippen LogP contribution in [0.3, 0.4) is 0 Å². The van der Waals surface area contributed by atoms with E-state index in [1.807, 2.05) is 6.92 Å². The Morgan fingerprint density at radius 1 is 0.622 bits per heavy atom. The summed E-state index contributed by atoms with van der Waals surface area (Å²) in [6, 6.07) is 0. The van der Waals surface area contributed by atoms with Crippen LogP contribution in [0.1, 0.15) is 142 Å². The predicted octanol–water partition coefficient (Wildman–Crippen LogP) is 6.61. The number of carboxylic acids is 3. The number of carboxylic acid groups (broad SMARTS) is 3. The molecule has 0 saturated heterocycles. The van der Waals surface area contributed by atoms with Crippen LogP contribution in [0.5, 0.6) is 0 Å². The van der Waals surface area contributed by atoms with Gasteiger partial charge in [0.1, 0.15) is 11.7 Å². The van der Waals surface area contributed by atoms with Crippen molar-refractivity contribution in [1.29, 1.82) is 0 Å². The number of carbonyl (C=O) groups excluding carboxylic acids is 1. The minimum Gasteiger partial charge on any atom is -0.481 e. The van der Waals surface area contributed by atoms with Crippen LogP contribution in [0.25, 0.3) is 0 Å². The van der Waals surface area contributed by atoms with Gasteiger partial charge in [-0.1, -0.05) is 117 Å². The van der Waals surface area contributed by atoms with E-state index in [1.54, 1.807) is 0 Å². The molecule has 216 valence electrons. The lowest BCUT2D eigenvalue weighted by atomic mass is 9.71. The van der Waals surface area contributed by atoms with Crippen LogP contribution in [-0.2, 0) is 19.2 Å². The minimum atomic E-state index is -3.06. The van der Waals surface area contributed by atoms with E-state index in [9.17, 15) is 34.5 Å². The molecule has 8 nitrogen and oxygen atoms in total. The van der Waals surface area contributed by atoms with E-state index >= 15 is 0 Å². The molecule has 37 heavy (non-hydrogen) atoms. The Morgan fingerprint density at radius 2 is 1.03 bits per heavy atom. The van der Waals surface area contributed by atoms with Gasteiger partial charge in [-0.3, -0.25) is 14.4 Å². The summed E-state index contributed by atoms with van der Waals surface area (Å²) in [4.78, 5) is 48.1. The van der Waals surface area contributed by atoms with Gasteiger partial charge >= 0.3 is 17.9 Å². The number of Topliss-reactive ketones (excluding diaryl/α,β-unsaturated/α-hetero) is 1. The molecule has 0 saturated carbocycles. The third-order valence-corrected chi connectivity index (χ3v) is 7.28. The number of hydrogen-bond donors (Lipinski definition) is 4. The predicted molar refractivity (Wildman–Crippen MR) is 144 cm³/mol. The van der Waals surface area contributed by atoms with Crippen molar-refractivity contribution in [2.45, 2.75) is 148 Å². The third-order valence-electron chi connectivity index (χ3n) is 7.28. The molecule has 0 spiro atoms. The van der Waals surface area contributed by atoms with Crippen molar-refractivity contribution in [3.63, 3.8) is 0 Å². The molecule has 0 heterocycles. The first-order valence-electron chi connectivity index (χ1n) is 14.5. The molecule has 0 aliphatic rings. The molecule has 8 heteroatoms. The second-order valence-electron chi connectivity index (χ2n) is 10.5. The van der Waals surface area contributed by atoms with Crippen LogP contribution in [0.4, 0.5) is 0 Å². The van der Waals surface area contributed by atoms with Crippen molar-refractivity contribution in [3.05, 3.63) is 0 Å². The lowest BCUT2D eigenvalue weighted by Gasteiger charge is -2.33. The molecule has 0 aromatic heterocycles. The zero-order valence-corrected chi connectivity index (χ0v) is 23.2. The quantitative estimate of drug-likeness (QED) is 0.0915. The molecule has 4 N–H and O–H groups in total. The summed E-state index contributed by atoms with van der Waals surface area (Å²) >= 11 is 0.